The van der Waals surface area contributed by atoms with Crippen molar-refractivity contribution in [3.05, 3.63) is 63.2 Å². The zero-order chi connectivity index (χ0) is 22.7. The molecule has 4 rings (SSSR count). The van der Waals surface area contributed by atoms with Crippen molar-refractivity contribution in [3.63, 3.8) is 0 Å². The van der Waals surface area contributed by atoms with E-state index in [9.17, 15) is 14.0 Å². The Labute approximate surface area is 194 Å². The van der Waals surface area contributed by atoms with Crippen molar-refractivity contribution in [2.45, 2.75) is 44.8 Å². The van der Waals surface area contributed by atoms with Crippen molar-refractivity contribution in [1.82, 2.24) is 5.32 Å². The lowest BCUT2D eigenvalue weighted by Gasteiger charge is -2.23. The maximum Gasteiger partial charge on any atom is 0.266 e. The highest BCUT2D eigenvalue weighted by Gasteiger charge is 2.22. The third-order valence-corrected chi connectivity index (χ3v) is 7.19. The molecule has 0 spiro atoms. The molecule has 0 unspecified atom stereocenters. The molecular formula is C24H24ClFN2O3S. The maximum absolute atomic E-state index is 14.4. The molecule has 3 aromatic rings. The Bertz CT molecular complexity index is 1160. The Kier molecular flexibility index (Phi) is 7.08. The molecule has 1 aromatic heterocycles. The van der Waals surface area contributed by atoms with Crippen LogP contribution in [-0.2, 0) is 11.3 Å². The van der Waals surface area contributed by atoms with Crippen LogP contribution in [0, 0.1) is 5.82 Å². The van der Waals surface area contributed by atoms with Crippen LogP contribution in [0.4, 0.5) is 10.1 Å². The Morgan fingerprint density at radius 1 is 1.16 bits per heavy atom. The van der Waals surface area contributed by atoms with Crippen LogP contribution >= 0.6 is 22.9 Å². The lowest BCUT2D eigenvalue weighted by atomic mass is 9.95. The van der Waals surface area contributed by atoms with Gasteiger partial charge < -0.3 is 15.4 Å². The number of fused-ring (bicyclic) bond motifs is 1. The van der Waals surface area contributed by atoms with Crippen molar-refractivity contribution < 1.29 is 18.7 Å². The molecule has 1 aliphatic rings. The summed E-state index contributed by atoms with van der Waals surface area (Å²) in [6.07, 6.45) is 5.33. The molecule has 0 bridgehead atoms. The van der Waals surface area contributed by atoms with Crippen LogP contribution in [0.1, 0.15) is 57.7 Å². The Morgan fingerprint density at radius 2 is 1.94 bits per heavy atom. The van der Waals surface area contributed by atoms with Crippen molar-refractivity contribution in [2.75, 3.05) is 12.4 Å². The van der Waals surface area contributed by atoms with E-state index in [4.69, 9.17) is 16.3 Å². The Morgan fingerprint density at radius 3 is 2.69 bits per heavy atom. The average molecular weight is 475 g/mol. The van der Waals surface area contributed by atoms with E-state index in [0.29, 0.717) is 36.8 Å². The zero-order valence-electron chi connectivity index (χ0n) is 17.7. The lowest BCUT2D eigenvalue weighted by Crippen LogP contribution is -2.36. The lowest BCUT2D eigenvalue weighted by molar-refractivity contribution is 0.0926. The molecular weight excluding hydrogens is 451 g/mol. The van der Waals surface area contributed by atoms with E-state index in [2.05, 4.69) is 10.6 Å². The van der Waals surface area contributed by atoms with E-state index in [1.807, 2.05) is 0 Å². The fourth-order valence-electron chi connectivity index (χ4n) is 4.11. The molecule has 0 aliphatic heterocycles. The molecule has 2 N–H and O–H groups in total. The number of benzene rings is 2. The number of ether oxygens (including phenoxy) is 1. The van der Waals surface area contributed by atoms with Gasteiger partial charge in [0.25, 0.3) is 11.8 Å². The van der Waals surface area contributed by atoms with Gasteiger partial charge in [0.05, 0.1) is 22.1 Å². The van der Waals surface area contributed by atoms with Gasteiger partial charge in [-0.2, -0.15) is 0 Å². The summed E-state index contributed by atoms with van der Waals surface area (Å²) in [4.78, 5) is 26.2. The number of carbonyl (C=O) groups is 2. The minimum atomic E-state index is -0.391. The number of methoxy groups -OCH3 is 1. The summed E-state index contributed by atoms with van der Waals surface area (Å²) in [6, 6.07) is 9.71. The zero-order valence-corrected chi connectivity index (χ0v) is 19.2. The van der Waals surface area contributed by atoms with E-state index < -0.39 is 11.7 Å². The van der Waals surface area contributed by atoms with Crippen LogP contribution in [0.2, 0.25) is 5.02 Å². The predicted molar refractivity (Wildman–Crippen MR) is 126 cm³/mol. The number of carbonyl (C=O) groups excluding carboxylic acids is 2. The largest absolute Gasteiger partial charge is 0.380 e. The van der Waals surface area contributed by atoms with E-state index in [-0.39, 0.29) is 18.6 Å². The van der Waals surface area contributed by atoms with Crippen LogP contribution in [0.3, 0.4) is 0 Å². The van der Waals surface area contributed by atoms with Gasteiger partial charge in [0.1, 0.15) is 5.82 Å². The average Bonchev–Trinajstić information content (AvgIpc) is 3.16. The number of nitrogens with one attached hydrogen (secondary N) is 2. The second-order valence-electron chi connectivity index (χ2n) is 7.91. The normalized spacial score (nSPS) is 14.5. The third-order valence-electron chi connectivity index (χ3n) is 5.67. The van der Waals surface area contributed by atoms with Gasteiger partial charge in [0.15, 0.2) is 0 Å². The second kappa shape index (κ2) is 9.98. The molecule has 1 aliphatic carbocycles. The highest BCUT2D eigenvalue weighted by molar-refractivity contribution is 7.21. The highest BCUT2D eigenvalue weighted by Crippen LogP contribution is 2.34. The number of hydrogen-bond donors (Lipinski definition) is 2. The van der Waals surface area contributed by atoms with E-state index >= 15 is 0 Å². The standard InChI is InChI=1S/C24H24ClFN2O3S/c1-31-13-17-21-19(26)8-5-9-20(21)32-22(17)24(30)28-15-10-11-18(25)16(12-15)23(29)27-14-6-3-2-4-7-14/h5,8-12,14H,2-4,6-7,13H2,1H3,(H,27,29)(H,28,30). The fourth-order valence-corrected chi connectivity index (χ4v) is 5.43. The van der Waals surface area contributed by atoms with Crippen LogP contribution in [-0.4, -0.2) is 25.0 Å². The maximum atomic E-state index is 14.4. The van der Waals surface area contributed by atoms with Gasteiger partial charge >= 0.3 is 0 Å². The quantitative estimate of drug-likeness (QED) is 0.450. The first-order chi connectivity index (χ1) is 15.5. The summed E-state index contributed by atoms with van der Waals surface area (Å²) in [5, 5.41) is 6.58. The van der Waals surface area contributed by atoms with Gasteiger partial charge in [-0.25, -0.2) is 4.39 Å². The SMILES string of the molecule is COCc1c(C(=O)Nc2ccc(Cl)c(C(=O)NC3CCCCC3)c2)sc2cccc(F)c12. The smallest absolute Gasteiger partial charge is 0.266 e. The monoisotopic (exact) mass is 474 g/mol. The number of anilines is 1. The van der Waals surface area contributed by atoms with Crippen molar-refractivity contribution in [2.24, 2.45) is 0 Å². The second-order valence-corrected chi connectivity index (χ2v) is 9.37. The summed E-state index contributed by atoms with van der Waals surface area (Å²) in [7, 11) is 1.50. The topological polar surface area (TPSA) is 67.4 Å². The van der Waals surface area contributed by atoms with Gasteiger partial charge in [-0.05, 0) is 43.2 Å². The first kappa shape index (κ1) is 22.7. The minimum absolute atomic E-state index is 0.110. The molecule has 168 valence electrons. The molecule has 32 heavy (non-hydrogen) atoms. The number of halogens is 2. The van der Waals surface area contributed by atoms with Crippen LogP contribution in [0.15, 0.2) is 36.4 Å². The fraction of sp³-hybridized carbons (Fsp3) is 0.333. The molecule has 1 fully saturated rings. The summed E-state index contributed by atoms with van der Waals surface area (Å²) in [5.41, 5.74) is 1.26. The van der Waals surface area contributed by atoms with Gasteiger partial charge in [0, 0.05) is 34.5 Å². The Balaban J connectivity index is 1.57. The van der Waals surface area contributed by atoms with E-state index in [1.165, 1.54) is 30.9 Å². The highest BCUT2D eigenvalue weighted by atomic mass is 35.5. The van der Waals surface area contributed by atoms with E-state index in [0.717, 1.165) is 25.7 Å². The number of hydrogen-bond acceptors (Lipinski definition) is 4. The molecule has 8 heteroatoms. The predicted octanol–water partition coefficient (Wildman–Crippen LogP) is 6.16. The van der Waals surface area contributed by atoms with Crippen LogP contribution in [0.5, 0.6) is 0 Å². The van der Waals surface area contributed by atoms with Crippen molar-refractivity contribution in [3.8, 4) is 0 Å². The molecule has 2 amide bonds. The van der Waals surface area contributed by atoms with Gasteiger partial charge in [-0.1, -0.05) is 36.9 Å². The summed E-state index contributed by atoms with van der Waals surface area (Å²) < 4.78 is 20.3. The van der Waals surface area contributed by atoms with Crippen LogP contribution < -0.4 is 10.6 Å². The summed E-state index contributed by atoms with van der Waals surface area (Å²) in [6.45, 7) is 0.110. The summed E-state index contributed by atoms with van der Waals surface area (Å²) in [5.74, 6) is -1.03. The molecule has 1 heterocycles. The summed E-state index contributed by atoms with van der Waals surface area (Å²) >= 11 is 7.47. The number of rotatable bonds is 6. The van der Waals surface area contributed by atoms with E-state index in [1.54, 1.807) is 30.3 Å². The van der Waals surface area contributed by atoms with Crippen molar-refractivity contribution >= 4 is 50.5 Å². The number of amides is 2. The molecule has 0 saturated heterocycles. The molecule has 1 saturated carbocycles. The third kappa shape index (κ3) is 4.80. The first-order valence-electron chi connectivity index (χ1n) is 10.6. The van der Waals surface area contributed by atoms with Crippen molar-refractivity contribution in [1.29, 1.82) is 0 Å². The van der Waals surface area contributed by atoms with Gasteiger partial charge in [0.2, 0.25) is 0 Å². The number of thiophene rings is 1. The molecule has 0 radical (unpaired) electrons. The van der Waals surface area contributed by atoms with Gasteiger partial charge in [-0.3, -0.25) is 9.59 Å². The first-order valence-corrected chi connectivity index (χ1v) is 11.8. The van der Waals surface area contributed by atoms with Gasteiger partial charge in [-0.15, -0.1) is 11.3 Å². The molecule has 5 nitrogen and oxygen atoms in total. The minimum Gasteiger partial charge on any atom is -0.380 e. The Hall–Kier alpha value is -2.48. The van der Waals surface area contributed by atoms with Crippen LogP contribution in [0.25, 0.3) is 10.1 Å². The molecule has 0 atom stereocenters. The molecule has 2 aromatic carbocycles.